The second kappa shape index (κ2) is 8.62. The minimum Gasteiger partial charge on any atom is -0.493 e. The number of hydrogen-bond acceptors (Lipinski definition) is 4. The van der Waals surface area contributed by atoms with Gasteiger partial charge in [0.1, 0.15) is 0 Å². The van der Waals surface area contributed by atoms with Crippen LogP contribution < -0.4 is 9.47 Å². The SMILES string of the molecule is COc1cc(CCC(=O)N2C[C@H](C)OC[C@@H]2C)ccc1OCC(F)(F)F. The third kappa shape index (κ3) is 5.79. The van der Waals surface area contributed by atoms with Gasteiger partial charge in [-0.15, -0.1) is 0 Å². The van der Waals surface area contributed by atoms with Gasteiger partial charge >= 0.3 is 6.18 Å². The molecule has 26 heavy (non-hydrogen) atoms. The number of rotatable bonds is 6. The summed E-state index contributed by atoms with van der Waals surface area (Å²) >= 11 is 0. The number of aryl methyl sites for hydroxylation is 1. The predicted molar refractivity (Wildman–Crippen MR) is 89.5 cm³/mol. The largest absolute Gasteiger partial charge is 0.493 e. The molecule has 1 amide bonds. The molecule has 0 N–H and O–H groups in total. The van der Waals surface area contributed by atoms with E-state index >= 15 is 0 Å². The Labute approximate surface area is 151 Å². The Morgan fingerprint density at radius 1 is 1.31 bits per heavy atom. The highest BCUT2D eigenvalue weighted by Gasteiger charge is 2.29. The number of nitrogens with zero attached hydrogens (tertiary/aromatic N) is 1. The first kappa shape index (κ1) is 20.4. The Balaban J connectivity index is 1.95. The maximum atomic E-state index is 12.5. The molecule has 1 aliphatic rings. The van der Waals surface area contributed by atoms with Gasteiger partial charge in [-0.05, 0) is 38.0 Å². The molecule has 1 aromatic rings. The van der Waals surface area contributed by atoms with Crippen molar-refractivity contribution in [3.63, 3.8) is 0 Å². The fourth-order valence-electron chi connectivity index (χ4n) is 2.79. The molecule has 0 aromatic heterocycles. The van der Waals surface area contributed by atoms with Crippen molar-refractivity contribution >= 4 is 5.91 Å². The summed E-state index contributed by atoms with van der Waals surface area (Å²) in [6.07, 6.45) is -3.63. The minimum absolute atomic E-state index is 0.0142. The number of carbonyl (C=O) groups excluding carboxylic acids is 1. The van der Waals surface area contributed by atoms with Gasteiger partial charge in [0, 0.05) is 13.0 Å². The monoisotopic (exact) mass is 375 g/mol. The van der Waals surface area contributed by atoms with Crippen LogP contribution in [0.1, 0.15) is 25.8 Å². The van der Waals surface area contributed by atoms with Crippen LogP contribution in [0.15, 0.2) is 18.2 Å². The van der Waals surface area contributed by atoms with Crippen molar-refractivity contribution in [2.24, 2.45) is 0 Å². The topological polar surface area (TPSA) is 48.0 Å². The van der Waals surface area contributed by atoms with E-state index in [-0.39, 0.29) is 29.6 Å². The highest BCUT2D eigenvalue weighted by atomic mass is 19.4. The maximum Gasteiger partial charge on any atom is 0.422 e. The Bertz CT molecular complexity index is 621. The van der Waals surface area contributed by atoms with Crippen LogP contribution in [0.3, 0.4) is 0 Å². The highest BCUT2D eigenvalue weighted by molar-refractivity contribution is 5.77. The molecule has 0 saturated carbocycles. The zero-order valence-corrected chi connectivity index (χ0v) is 15.1. The van der Waals surface area contributed by atoms with E-state index in [9.17, 15) is 18.0 Å². The summed E-state index contributed by atoms with van der Waals surface area (Å²) in [5, 5.41) is 0. The first-order chi connectivity index (χ1) is 12.2. The molecule has 1 saturated heterocycles. The molecular weight excluding hydrogens is 351 g/mol. The first-order valence-corrected chi connectivity index (χ1v) is 8.47. The molecular formula is C18H24F3NO4. The van der Waals surface area contributed by atoms with E-state index in [1.165, 1.54) is 13.2 Å². The maximum absolute atomic E-state index is 12.5. The molecule has 2 rings (SSSR count). The van der Waals surface area contributed by atoms with Crippen LogP contribution in [0, 0.1) is 0 Å². The number of hydrogen-bond donors (Lipinski definition) is 0. The first-order valence-electron chi connectivity index (χ1n) is 8.47. The highest BCUT2D eigenvalue weighted by Crippen LogP contribution is 2.30. The van der Waals surface area contributed by atoms with Crippen LogP contribution in [0.4, 0.5) is 13.2 Å². The van der Waals surface area contributed by atoms with Gasteiger partial charge in [-0.3, -0.25) is 4.79 Å². The van der Waals surface area contributed by atoms with E-state index in [1.54, 1.807) is 12.1 Å². The lowest BCUT2D eigenvalue weighted by Crippen LogP contribution is -2.50. The van der Waals surface area contributed by atoms with E-state index in [0.717, 1.165) is 5.56 Å². The Morgan fingerprint density at radius 3 is 2.69 bits per heavy atom. The summed E-state index contributed by atoms with van der Waals surface area (Å²) < 4.78 is 52.2. The number of ether oxygens (including phenoxy) is 3. The lowest BCUT2D eigenvalue weighted by Gasteiger charge is -2.37. The summed E-state index contributed by atoms with van der Waals surface area (Å²) in [6, 6.07) is 4.72. The minimum atomic E-state index is -4.41. The third-order valence-corrected chi connectivity index (χ3v) is 4.18. The molecule has 5 nitrogen and oxygen atoms in total. The number of morpholine rings is 1. The summed E-state index contributed by atoms with van der Waals surface area (Å²) in [7, 11) is 1.36. The lowest BCUT2D eigenvalue weighted by atomic mass is 10.1. The third-order valence-electron chi connectivity index (χ3n) is 4.18. The summed E-state index contributed by atoms with van der Waals surface area (Å²) in [4.78, 5) is 14.3. The number of carbonyl (C=O) groups is 1. The van der Waals surface area contributed by atoms with E-state index in [2.05, 4.69) is 0 Å². The molecule has 2 atom stereocenters. The van der Waals surface area contributed by atoms with Crippen LogP contribution in [0.5, 0.6) is 11.5 Å². The summed E-state index contributed by atoms with van der Waals surface area (Å²) in [6.45, 7) is 3.57. The normalized spacial score (nSPS) is 20.8. The molecule has 0 spiro atoms. The molecule has 8 heteroatoms. The van der Waals surface area contributed by atoms with Crippen LogP contribution in [-0.4, -0.2) is 56.0 Å². The zero-order chi connectivity index (χ0) is 19.3. The van der Waals surface area contributed by atoms with Gasteiger partial charge in [0.05, 0.1) is 25.9 Å². The van der Waals surface area contributed by atoms with Crippen molar-refractivity contribution < 1.29 is 32.2 Å². The predicted octanol–water partition coefficient (Wildman–Crippen LogP) is 3.20. The molecule has 1 aromatic carbocycles. The van der Waals surface area contributed by atoms with E-state index in [1.807, 2.05) is 18.7 Å². The van der Waals surface area contributed by atoms with Crippen LogP contribution >= 0.6 is 0 Å². The van der Waals surface area contributed by atoms with Gasteiger partial charge in [-0.2, -0.15) is 13.2 Å². The number of methoxy groups -OCH3 is 1. The molecule has 0 unspecified atom stereocenters. The Morgan fingerprint density at radius 2 is 2.04 bits per heavy atom. The average molecular weight is 375 g/mol. The Kier molecular flexibility index (Phi) is 6.75. The van der Waals surface area contributed by atoms with Crippen molar-refractivity contribution in [1.82, 2.24) is 4.90 Å². The van der Waals surface area contributed by atoms with E-state index in [0.29, 0.717) is 26.0 Å². The van der Waals surface area contributed by atoms with Gasteiger partial charge in [0.25, 0.3) is 0 Å². The molecule has 0 bridgehead atoms. The Hall–Kier alpha value is -1.96. The average Bonchev–Trinajstić information content (AvgIpc) is 2.59. The van der Waals surface area contributed by atoms with Crippen LogP contribution in [0.25, 0.3) is 0 Å². The molecule has 1 fully saturated rings. The van der Waals surface area contributed by atoms with Crippen LogP contribution in [0.2, 0.25) is 0 Å². The fourth-order valence-corrected chi connectivity index (χ4v) is 2.79. The fraction of sp³-hybridized carbons (Fsp3) is 0.611. The standard InChI is InChI=1S/C18H24F3NO4/c1-12-10-25-13(2)9-22(12)17(23)7-5-14-4-6-15(16(8-14)24-3)26-11-18(19,20)21/h4,6,8,12-13H,5,7,9-11H2,1-3H3/t12-,13-/m0/s1. The van der Waals surface area contributed by atoms with Gasteiger partial charge < -0.3 is 19.1 Å². The smallest absolute Gasteiger partial charge is 0.422 e. The molecule has 0 radical (unpaired) electrons. The second-order valence-electron chi connectivity index (χ2n) is 6.43. The van der Waals surface area contributed by atoms with Crippen molar-refractivity contribution in [2.75, 3.05) is 26.9 Å². The van der Waals surface area contributed by atoms with Crippen molar-refractivity contribution in [3.8, 4) is 11.5 Å². The van der Waals surface area contributed by atoms with Gasteiger partial charge in [-0.1, -0.05) is 6.07 Å². The number of halogens is 3. The van der Waals surface area contributed by atoms with Gasteiger partial charge in [0.15, 0.2) is 18.1 Å². The molecule has 146 valence electrons. The number of benzene rings is 1. The number of alkyl halides is 3. The lowest BCUT2D eigenvalue weighted by molar-refractivity contribution is -0.153. The summed E-state index contributed by atoms with van der Waals surface area (Å²) in [5.74, 6) is 0.270. The van der Waals surface area contributed by atoms with Crippen molar-refractivity contribution in [3.05, 3.63) is 23.8 Å². The number of amides is 1. The quantitative estimate of drug-likeness (QED) is 0.766. The molecule has 1 aliphatic heterocycles. The van der Waals surface area contributed by atoms with Gasteiger partial charge in [-0.25, -0.2) is 0 Å². The second-order valence-corrected chi connectivity index (χ2v) is 6.43. The van der Waals surface area contributed by atoms with Crippen LogP contribution in [-0.2, 0) is 16.0 Å². The van der Waals surface area contributed by atoms with Gasteiger partial charge in [0.2, 0.25) is 5.91 Å². The van der Waals surface area contributed by atoms with Crippen molar-refractivity contribution in [1.29, 1.82) is 0 Å². The van der Waals surface area contributed by atoms with Crippen molar-refractivity contribution in [2.45, 2.75) is 45.0 Å². The van der Waals surface area contributed by atoms with E-state index < -0.39 is 12.8 Å². The van der Waals surface area contributed by atoms with E-state index in [4.69, 9.17) is 14.2 Å². The molecule has 0 aliphatic carbocycles. The summed E-state index contributed by atoms with van der Waals surface area (Å²) in [5.41, 5.74) is 0.795. The molecule has 1 heterocycles. The zero-order valence-electron chi connectivity index (χ0n) is 15.1.